The average molecular weight is 433 g/mol. The van der Waals surface area contributed by atoms with Crippen LogP contribution in [0.15, 0.2) is 18.6 Å². The Kier molecular flexibility index (Phi) is 5.26. The van der Waals surface area contributed by atoms with Gasteiger partial charge in [-0.15, -0.1) is 11.3 Å². The first-order valence-corrected chi connectivity index (χ1v) is 12.2. The summed E-state index contributed by atoms with van der Waals surface area (Å²) in [6, 6.07) is 0. The van der Waals surface area contributed by atoms with E-state index in [1.807, 2.05) is 13.8 Å². The topological polar surface area (TPSA) is 110 Å². The molecule has 3 heterocycles. The molecule has 0 saturated carbocycles. The van der Waals surface area contributed by atoms with Crippen LogP contribution in [0.2, 0.25) is 0 Å². The van der Waals surface area contributed by atoms with E-state index in [4.69, 9.17) is 9.97 Å². The minimum absolute atomic E-state index is 0.386. The minimum atomic E-state index is -3.32. The SMILES string of the molecule is CC(C)(CNc1nc(-c2cnccn2)nc2sc3c(c12)CCCC3)NS(C)(=O)=O. The number of nitrogens with zero attached hydrogens (tertiary/aromatic N) is 4. The van der Waals surface area contributed by atoms with Crippen LogP contribution in [-0.4, -0.2) is 46.7 Å². The number of hydrogen-bond acceptors (Lipinski definition) is 8. The van der Waals surface area contributed by atoms with Crippen LogP contribution >= 0.6 is 11.3 Å². The molecule has 0 unspecified atom stereocenters. The molecule has 29 heavy (non-hydrogen) atoms. The number of fused-ring (bicyclic) bond motifs is 3. The first kappa shape index (κ1) is 20.1. The molecule has 2 N–H and O–H groups in total. The van der Waals surface area contributed by atoms with Crippen LogP contribution in [0.3, 0.4) is 0 Å². The molecule has 0 amide bonds. The van der Waals surface area contributed by atoms with Crippen LogP contribution in [0.5, 0.6) is 0 Å². The molecule has 3 aromatic heterocycles. The van der Waals surface area contributed by atoms with Gasteiger partial charge in [-0.2, -0.15) is 0 Å². The molecule has 1 aliphatic carbocycles. The largest absolute Gasteiger partial charge is 0.368 e. The number of anilines is 1. The van der Waals surface area contributed by atoms with E-state index in [0.717, 1.165) is 35.3 Å². The predicted octanol–water partition coefficient (Wildman–Crippen LogP) is 2.77. The summed E-state index contributed by atoms with van der Waals surface area (Å²) < 4.78 is 26.0. The third-order valence-corrected chi connectivity index (χ3v) is 6.88. The van der Waals surface area contributed by atoms with E-state index < -0.39 is 15.6 Å². The fourth-order valence-corrected chi connectivity index (χ4v) is 5.99. The van der Waals surface area contributed by atoms with Gasteiger partial charge in [-0.1, -0.05) is 0 Å². The Balaban J connectivity index is 1.77. The second kappa shape index (κ2) is 7.58. The molecule has 0 spiro atoms. The van der Waals surface area contributed by atoms with E-state index in [0.29, 0.717) is 18.1 Å². The van der Waals surface area contributed by atoms with E-state index in [1.54, 1.807) is 29.9 Å². The van der Waals surface area contributed by atoms with Gasteiger partial charge < -0.3 is 5.32 Å². The van der Waals surface area contributed by atoms with Crippen molar-refractivity contribution in [1.82, 2.24) is 24.7 Å². The molecule has 1 aliphatic rings. The highest BCUT2D eigenvalue weighted by Crippen LogP contribution is 2.39. The summed E-state index contributed by atoms with van der Waals surface area (Å²) in [6.07, 6.45) is 10.5. The first-order valence-electron chi connectivity index (χ1n) is 9.53. The van der Waals surface area contributed by atoms with Crippen molar-refractivity contribution in [2.45, 2.75) is 45.1 Å². The Morgan fingerprint density at radius 3 is 2.69 bits per heavy atom. The van der Waals surface area contributed by atoms with E-state index in [2.05, 4.69) is 20.0 Å². The number of nitrogens with one attached hydrogen (secondary N) is 2. The van der Waals surface area contributed by atoms with Crippen LogP contribution in [0.4, 0.5) is 5.82 Å². The number of rotatable bonds is 6. The molecule has 8 nitrogen and oxygen atoms in total. The quantitative estimate of drug-likeness (QED) is 0.616. The third kappa shape index (κ3) is 4.54. The van der Waals surface area contributed by atoms with Crippen LogP contribution in [0.1, 0.15) is 37.1 Å². The summed E-state index contributed by atoms with van der Waals surface area (Å²) >= 11 is 1.72. The summed E-state index contributed by atoms with van der Waals surface area (Å²) in [5.41, 5.74) is 1.25. The molecule has 10 heteroatoms. The van der Waals surface area contributed by atoms with Gasteiger partial charge in [-0.05, 0) is 45.1 Å². The normalized spacial score (nSPS) is 14.7. The molecule has 0 atom stereocenters. The maximum absolute atomic E-state index is 11.7. The number of sulfonamides is 1. The molecule has 4 rings (SSSR count). The Morgan fingerprint density at radius 1 is 1.17 bits per heavy atom. The minimum Gasteiger partial charge on any atom is -0.368 e. The smallest absolute Gasteiger partial charge is 0.209 e. The van der Waals surface area contributed by atoms with Gasteiger partial charge in [0.05, 0.1) is 17.8 Å². The standard InChI is InChI=1S/C19H24N6O2S2/c1-19(2,25-29(3,26)27)11-22-17-15-12-6-4-5-7-14(12)28-18(15)24-16(23-17)13-10-20-8-9-21-13/h8-10,25H,4-7,11H2,1-3H3,(H,22,23,24). The van der Waals surface area contributed by atoms with Gasteiger partial charge in [0.15, 0.2) is 5.82 Å². The molecule has 0 radical (unpaired) electrons. The van der Waals surface area contributed by atoms with Crippen LogP contribution in [0.25, 0.3) is 21.7 Å². The van der Waals surface area contributed by atoms with Gasteiger partial charge in [0.2, 0.25) is 10.0 Å². The van der Waals surface area contributed by atoms with E-state index >= 15 is 0 Å². The van der Waals surface area contributed by atoms with E-state index in [-0.39, 0.29) is 0 Å². The third-order valence-electron chi connectivity index (χ3n) is 4.77. The van der Waals surface area contributed by atoms with Crippen molar-refractivity contribution in [2.24, 2.45) is 0 Å². The van der Waals surface area contributed by atoms with Crippen molar-refractivity contribution in [3.05, 3.63) is 29.0 Å². The van der Waals surface area contributed by atoms with E-state index in [9.17, 15) is 8.42 Å². The number of hydrogen-bond donors (Lipinski definition) is 2. The Morgan fingerprint density at radius 2 is 1.97 bits per heavy atom. The van der Waals surface area contributed by atoms with Crippen LogP contribution in [0, 0.1) is 0 Å². The van der Waals surface area contributed by atoms with Gasteiger partial charge >= 0.3 is 0 Å². The summed E-state index contributed by atoms with van der Waals surface area (Å²) in [4.78, 5) is 20.3. The van der Waals surface area contributed by atoms with Crippen LogP contribution in [-0.2, 0) is 22.9 Å². The van der Waals surface area contributed by atoms with Crippen molar-refractivity contribution < 1.29 is 8.42 Å². The zero-order valence-corrected chi connectivity index (χ0v) is 18.3. The lowest BCUT2D eigenvalue weighted by molar-refractivity contribution is 0.476. The number of thiophene rings is 1. The highest BCUT2D eigenvalue weighted by molar-refractivity contribution is 7.88. The summed E-state index contributed by atoms with van der Waals surface area (Å²) in [5, 5.41) is 4.43. The zero-order valence-electron chi connectivity index (χ0n) is 16.7. The lowest BCUT2D eigenvalue weighted by Crippen LogP contribution is -2.47. The van der Waals surface area contributed by atoms with Crippen molar-refractivity contribution in [2.75, 3.05) is 18.1 Å². The van der Waals surface area contributed by atoms with Gasteiger partial charge in [-0.3, -0.25) is 4.98 Å². The maximum atomic E-state index is 11.7. The van der Waals surface area contributed by atoms with Gasteiger partial charge in [0.1, 0.15) is 16.3 Å². The highest BCUT2D eigenvalue weighted by Gasteiger charge is 2.25. The molecular formula is C19H24N6O2S2. The molecular weight excluding hydrogens is 408 g/mol. The molecule has 0 fully saturated rings. The number of aromatic nitrogens is 4. The van der Waals surface area contributed by atoms with Crippen molar-refractivity contribution >= 4 is 37.4 Å². The van der Waals surface area contributed by atoms with Crippen molar-refractivity contribution in [3.8, 4) is 11.5 Å². The fourth-order valence-electron chi connectivity index (χ4n) is 3.66. The Hall–Kier alpha value is -2.17. The second-order valence-corrected chi connectivity index (χ2v) is 10.8. The van der Waals surface area contributed by atoms with Crippen molar-refractivity contribution in [3.63, 3.8) is 0 Å². The highest BCUT2D eigenvalue weighted by atomic mass is 32.2. The van der Waals surface area contributed by atoms with Crippen LogP contribution < -0.4 is 10.0 Å². The maximum Gasteiger partial charge on any atom is 0.209 e. The molecule has 0 aromatic carbocycles. The monoisotopic (exact) mass is 432 g/mol. The summed E-state index contributed by atoms with van der Waals surface area (Å²) in [6.45, 7) is 4.06. The van der Waals surface area contributed by atoms with Gasteiger partial charge in [0, 0.05) is 29.4 Å². The lowest BCUT2D eigenvalue weighted by Gasteiger charge is -2.26. The molecule has 154 valence electrons. The average Bonchev–Trinajstić information content (AvgIpc) is 3.03. The summed E-state index contributed by atoms with van der Waals surface area (Å²) in [7, 11) is -3.32. The van der Waals surface area contributed by atoms with Gasteiger partial charge in [0.25, 0.3) is 0 Å². The zero-order chi connectivity index (χ0) is 20.6. The second-order valence-electron chi connectivity index (χ2n) is 7.99. The van der Waals surface area contributed by atoms with Crippen molar-refractivity contribution in [1.29, 1.82) is 0 Å². The Bertz CT molecular complexity index is 1140. The fraction of sp³-hybridized carbons (Fsp3) is 0.474. The molecule has 0 saturated heterocycles. The first-order chi connectivity index (χ1) is 13.7. The number of aryl methyl sites for hydroxylation is 2. The van der Waals surface area contributed by atoms with E-state index in [1.165, 1.54) is 23.1 Å². The summed E-state index contributed by atoms with van der Waals surface area (Å²) in [5.74, 6) is 1.24. The lowest BCUT2D eigenvalue weighted by atomic mass is 9.97. The molecule has 3 aromatic rings. The van der Waals surface area contributed by atoms with Gasteiger partial charge in [-0.25, -0.2) is 28.1 Å². The Labute approximate surface area is 174 Å². The predicted molar refractivity (Wildman–Crippen MR) is 116 cm³/mol. The molecule has 0 aliphatic heterocycles. The molecule has 0 bridgehead atoms.